The number of hydrogen-bond acceptors (Lipinski definition) is 4. The molecule has 3 atom stereocenters. The highest BCUT2D eigenvalue weighted by Gasteiger charge is 2.44. The number of aliphatic carboxylic acids is 1. The van der Waals surface area contributed by atoms with Crippen LogP contribution in [0.3, 0.4) is 0 Å². The predicted molar refractivity (Wildman–Crippen MR) is 85.6 cm³/mol. The van der Waals surface area contributed by atoms with Gasteiger partial charge in [0.25, 0.3) is 5.91 Å². The Morgan fingerprint density at radius 1 is 1.33 bits per heavy atom. The first-order chi connectivity index (χ1) is 11.4. The van der Waals surface area contributed by atoms with Crippen LogP contribution in [0.15, 0.2) is 24.3 Å². The van der Waals surface area contributed by atoms with E-state index in [2.05, 4.69) is 10.6 Å². The Labute approximate surface area is 139 Å². The molecule has 3 rings (SSSR count). The lowest BCUT2D eigenvalue weighted by molar-refractivity contribution is -0.144. The summed E-state index contributed by atoms with van der Waals surface area (Å²) in [4.78, 5) is 35.8. The normalized spacial score (nSPS) is 28.2. The van der Waals surface area contributed by atoms with E-state index < -0.39 is 17.4 Å². The van der Waals surface area contributed by atoms with Crippen molar-refractivity contribution < 1.29 is 24.2 Å². The monoisotopic (exact) mass is 332 g/mol. The number of nitrogens with one attached hydrogen (secondary N) is 2. The van der Waals surface area contributed by atoms with E-state index in [9.17, 15) is 19.5 Å². The number of hydrogen-bond donors (Lipinski definition) is 3. The number of carboxylic acid groups (broad SMARTS) is 1. The van der Waals surface area contributed by atoms with E-state index in [1.54, 1.807) is 24.3 Å². The maximum absolute atomic E-state index is 12.4. The van der Waals surface area contributed by atoms with Crippen molar-refractivity contribution in [3.05, 3.63) is 29.8 Å². The number of carboxylic acids is 1. The largest absolute Gasteiger partial charge is 0.479 e. The predicted octanol–water partition coefficient (Wildman–Crippen LogP) is 1.25. The number of anilines is 1. The van der Waals surface area contributed by atoms with E-state index in [1.807, 2.05) is 6.92 Å². The molecule has 2 amide bonds. The maximum atomic E-state index is 12.4. The molecule has 1 aromatic rings. The van der Waals surface area contributed by atoms with Crippen molar-refractivity contribution in [1.82, 2.24) is 5.32 Å². The summed E-state index contributed by atoms with van der Waals surface area (Å²) in [6, 6.07) is 6.48. The number of amides is 2. The molecule has 3 N–H and O–H groups in total. The molecule has 0 spiro atoms. The zero-order valence-corrected chi connectivity index (χ0v) is 13.4. The van der Waals surface area contributed by atoms with Crippen LogP contribution in [0.4, 0.5) is 5.69 Å². The minimum Gasteiger partial charge on any atom is -0.479 e. The molecule has 1 aliphatic carbocycles. The van der Waals surface area contributed by atoms with Gasteiger partial charge in [-0.3, -0.25) is 9.59 Å². The number of carbonyl (C=O) groups is 3. The lowest BCUT2D eigenvalue weighted by atomic mass is 9.98. The van der Waals surface area contributed by atoms with Gasteiger partial charge in [-0.15, -0.1) is 0 Å². The molecule has 0 aromatic heterocycles. The van der Waals surface area contributed by atoms with E-state index in [-0.39, 0.29) is 24.9 Å². The van der Waals surface area contributed by atoms with Crippen LogP contribution < -0.4 is 10.6 Å². The van der Waals surface area contributed by atoms with Crippen LogP contribution in [0, 0.1) is 11.8 Å². The summed E-state index contributed by atoms with van der Waals surface area (Å²) in [6.07, 6.45) is 1.11. The molecule has 7 nitrogen and oxygen atoms in total. The van der Waals surface area contributed by atoms with E-state index in [0.29, 0.717) is 23.8 Å². The number of rotatable bonds is 5. The fraction of sp³-hybridized carbons (Fsp3) is 0.471. The van der Waals surface area contributed by atoms with Gasteiger partial charge < -0.3 is 20.5 Å². The quantitative estimate of drug-likeness (QED) is 0.753. The number of carbonyl (C=O) groups excluding carboxylic acids is 2. The Kier molecular flexibility index (Phi) is 4.28. The fourth-order valence-corrected chi connectivity index (χ4v) is 2.84. The van der Waals surface area contributed by atoms with Crippen LogP contribution in [-0.4, -0.2) is 41.6 Å². The van der Waals surface area contributed by atoms with Crippen molar-refractivity contribution >= 4 is 23.5 Å². The Bertz CT molecular complexity index is 681. The minimum atomic E-state index is -1.39. The Hall–Kier alpha value is -2.41. The molecule has 24 heavy (non-hydrogen) atoms. The standard InChI is InChI=1S/C17H20N2O5/c1-10-7-13(10)15(21)18-12-4-2-3-11(8-12)14(20)19-17(16(22)23)5-6-24-9-17/h2-4,8,10,13H,5-7,9H2,1H3,(H,18,21)(H,19,20)(H,22,23). The van der Waals surface area contributed by atoms with Gasteiger partial charge in [0.2, 0.25) is 5.91 Å². The van der Waals surface area contributed by atoms with Gasteiger partial charge in [-0.2, -0.15) is 0 Å². The summed E-state index contributed by atoms with van der Waals surface area (Å²) < 4.78 is 5.13. The average molecular weight is 332 g/mol. The van der Waals surface area contributed by atoms with Crippen LogP contribution in [0.5, 0.6) is 0 Å². The van der Waals surface area contributed by atoms with E-state index >= 15 is 0 Å². The first-order valence-corrected chi connectivity index (χ1v) is 7.96. The highest BCUT2D eigenvalue weighted by molar-refractivity contribution is 6.00. The van der Waals surface area contributed by atoms with Gasteiger partial charge >= 0.3 is 5.97 Å². The molecule has 1 aliphatic heterocycles. The first kappa shape index (κ1) is 16.4. The van der Waals surface area contributed by atoms with Crippen molar-refractivity contribution in [2.45, 2.75) is 25.3 Å². The van der Waals surface area contributed by atoms with E-state index in [1.165, 1.54) is 0 Å². The van der Waals surface area contributed by atoms with Crippen molar-refractivity contribution in [3.8, 4) is 0 Å². The molecule has 7 heteroatoms. The average Bonchev–Trinajstić information content (AvgIpc) is 3.08. The lowest BCUT2D eigenvalue weighted by Crippen LogP contribution is -2.55. The van der Waals surface area contributed by atoms with Crippen LogP contribution in [0.1, 0.15) is 30.1 Å². The highest BCUT2D eigenvalue weighted by Crippen LogP contribution is 2.38. The summed E-state index contributed by atoms with van der Waals surface area (Å²) in [7, 11) is 0. The van der Waals surface area contributed by atoms with Crippen molar-refractivity contribution in [1.29, 1.82) is 0 Å². The molecule has 3 unspecified atom stereocenters. The molecule has 1 heterocycles. The Morgan fingerprint density at radius 2 is 2.08 bits per heavy atom. The van der Waals surface area contributed by atoms with Gasteiger partial charge in [-0.1, -0.05) is 13.0 Å². The van der Waals surface area contributed by atoms with Crippen LogP contribution in [0.25, 0.3) is 0 Å². The van der Waals surface area contributed by atoms with Crippen LogP contribution in [-0.2, 0) is 14.3 Å². The number of ether oxygens (including phenoxy) is 1. The molecular weight excluding hydrogens is 312 g/mol. The van der Waals surface area contributed by atoms with Gasteiger partial charge in [0, 0.05) is 30.2 Å². The molecule has 2 aliphatic rings. The SMILES string of the molecule is CC1CC1C(=O)Nc1cccc(C(=O)NC2(C(=O)O)CCOC2)c1. The fourth-order valence-electron chi connectivity index (χ4n) is 2.84. The highest BCUT2D eigenvalue weighted by atomic mass is 16.5. The molecule has 1 saturated carbocycles. The zero-order chi connectivity index (χ0) is 17.3. The Balaban J connectivity index is 1.70. The molecule has 0 bridgehead atoms. The molecule has 1 aromatic carbocycles. The zero-order valence-electron chi connectivity index (χ0n) is 13.4. The van der Waals surface area contributed by atoms with Crippen LogP contribution >= 0.6 is 0 Å². The summed E-state index contributed by atoms with van der Waals surface area (Å²) >= 11 is 0. The second-order valence-corrected chi connectivity index (χ2v) is 6.53. The maximum Gasteiger partial charge on any atom is 0.331 e. The third kappa shape index (κ3) is 3.26. The van der Waals surface area contributed by atoms with Gasteiger partial charge in [0.1, 0.15) is 0 Å². The molecule has 0 radical (unpaired) electrons. The molecule has 1 saturated heterocycles. The van der Waals surface area contributed by atoms with Crippen molar-refractivity contribution in [2.75, 3.05) is 18.5 Å². The van der Waals surface area contributed by atoms with Gasteiger partial charge in [0.15, 0.2) is 5.54 Å². The first-order valence-electron chi connectivity index (χ1n) is 7.96. The second kappa shape index (κ2) is 6.24. The van der Waals surface area contributed by atoms with Gasteiger partial charge in [-0.25, -0.2) is 4.79 Å². The summed E-state index contributed by atoms with van der Waals surface area (Å²) in [5.74, 6) is -1.23. The van der Waals surface area contributed by atoms with E-state index in [4.69, 9.17) is 4.74 Å². The van der Waals surface area contributed by atoms with Crippen molar-refractivity contribution in [3.63, 3.8) is 0 Å². The topological polar surface area (TPSA) is 105 Å². The third-order valence-corrected chi connectivity index (χ3v) is 4.62. The summed E-state index contributed by atoms with van der Waals surface area (Å²) in [6.45, 7) is 2.26. The molecular formula is C17H20N2O5. The van der Waals surface area contributed by atoms with Gasteiger partial charge in [0.05, 0.1) is 6.61 Å². The second-order valence-electron chi connectivity index (χ2n) is 6.53. The molecule has 128 valence electrons. The van der Waals surface area contributed by atoms with Crippen molar-refractivity contribution in [2.24, 2.45) is 11.8 Å². The van der Waals surface area contributed by atoms with Crippen LogP contribution in [0.2, 0.25) is 0 Å². The summed E-state index contributed by atoms with van der Waals surface area (Å²) in [5, 5.41) is 14.7. The van der Waals surface area contributed by atoms with Gasteiger partial charge in [-0.05, 0) is 30.5 Å². The smallest absolute Gasteiger partial charge is 0.331 e. The number of benzene rings is 1. The van der Waals surface area contributed by atoms with E-state index in [0.717, 1.165) is 6.42 Å². The summed E-state index contributed by atoms with van der Waals surface area (Å²) in [5.41, 5.74) is -0.567. The lowest BCUT2D eigenvalue weighted by Gasteiger charge is -2.23. The molecule has 2 fully saturated rings. The Morgan fingerprint density at radius 3 is 2.67 bits per heavy atom. The third-order valence-electron chi connectivity index (χ3n) is 4.62. The minimum absolute atomic E-state index is 0.0356.